The number of fused-ring (bicyclic) bond motifs is 1. The number of nitrogens with one attached hydrogen (secondary N) is 1. The maximum Gasteiger partial charge on any atom is 0.305 e. The first kappa shape index (κ1) is 26.9. The average molecular weight is 518 g/mol. The Hall–Kier alpha value is -4.20. The highest BCUT2D eigenvalue weighted by Crippen LogP contribution is 2.26. The van der Waals surface area contributed by atoms with Crippen LogP contribution in [0.3, 0.4) is 0 Å². The highest BCUT2D eigenvalue weighted by molar-refractivity contribution is 6.06. The summed E-state index contributed by atoms with van der Waals surface area (Å²) in [7, 11) is 0. The number of aryl methyl sites for hydroxylation is 1. The van der Waals surface area contributed by atoms with Crippen LogP contribution in [-0.4, -0.2) is 28.5 Å². The van der Waals surface area contributed by atoms with Crippen LogP contribution in [-0.2, 0) is 16.0 Å². The van der Waals surface area contributed by atoms with Crippen LogP contribution in [0.1, 0.15) is 55.1 Å². The SMILES string of the molecule is CCCCOC(=O)CCCCc1nc2cc(C(=O)Nc3ccc(F)cc3)ccc2nc1-c1cccc(F)c1. The Labute approximate surface area is 220 Å². The van der Waals surface area contributed by atoms with Gasteiger partial charge in [-0.1, -0.05) is 25.5 Å². The summed E-state index contributed by atoms with van der Waals surface area (Å²) >= 11 is 0. The number of benzene rings is 3. The number of carbonyl (C=O) groups excluding carboxylic acids is 2. The lowest BCUT2D eigenvalue weighted by Gasteiger charge is -2.12. The van der Waals surface area contributed by atoms with Crippen molar-refractivity contribution in [1.29, 1.82) is 0 Å². The molecule has 0 unspecified atom stereocenters. The fourth-order valence-corrected chi connectivity index (χ4v) is 3.97. The van der Waals surface area contributed by atoms with Gasteiger partial charge in [0.2, 0.25) is 0 Å². The van der Waals surface area contributed by atoms with Gasteiger partial charge in [0, 0.05) is 23.2 Å². The van der Waals surface area contributed by atoms with E-state index >= 15 is 0 Å². The second kappa shape index (κ2) is 12.9. The van der Waals surface area contributed by atoms with Crippen molar-refractivity contribution in [1.82, 2.24) is 9.97 Å². The molecule has 4 rings (SSSR count). The lowest BCUT2D eigenvalue weighted by molar-refractivity contribution is -0.143. The van der Waals surface area contributed by atoms with Crippen molar-refractivity contribution in [3.8, 4) is 11.3 Å². The monoisotopic (exact) mass is 517 g/mol. The number of ether oxygens (including phenoxy) is 1. The Morgan fingerprint density at radius 3 is 2.45 bits per heavy atom. The summed E-state index contributed by atoms with van der Waals surface area (Å²) in [5.41, 5.74) is 3.74. The molecule has 1 heterocycles. The molecule has 0 bridgehead atoms. The highest BCUT2D eigenvalue weighted by atomic mass is 19.1. The van der Waals surface area contributed by atoms with Gasteiger partial charge in [0.25, 0.3) is 5.91 Å². The molecule has 0 aliphatic carbocycles. The van der Waals surface area contributed by atoms with Crippen molar-refractivity contribution in [3.63, 3.8) is 0 Å². The first-order valence-electron chi connectivity index (χ1n) is 12.7. The van der Waals surface area contributed by atoms with Crippen LogP contribution in [0.2, 0.25) is 0 Å². The van der Waals surface area contributed by atoms with E-state index in [2.05, 4.69) is 5.32 Å². The Morgan fingerprint density at radius 1 is 0.868 bits per heavy atom. The predicted octanol–water partition coefficient (Wildman–Crippen LogP) is 6.88. The molecule has 8 heteroatoms. The molecule has 0 atom stereocenters. The van der Waals surface area contributed by atoms with E-state index in [1.807, 2.05) is 6.92 Å². The maximum atomic E-state index is 14.0. The van der Waals surface area contributed by atoms with E-state index in [9.17, 15) is 18.4 Å². The van der Waals surface area contributed by atoms with Crippen LogP contribution in [0.4, 0.5) is 14.5 Å². The summed E-state index contributed by atoms with van der Waals surface area (Å²) in [6.07, 6.45) is 3.92. The molecule has 1 aromatic heterocycles. The molecule has 196 valence electrons. The first-order valence-corrected chi connectivity index (χ1v) is 12.7. The third-order valence-electron chi connectivity index (χ3n) is 6.00. The number of nitrogens with zero attached hydrogens (tertiary/aromatic N) is 2. The fourth-order valence-electron chi connectivity index (χ4n) is 3.97. The Balaban J connectivity index is 1.55. The first-order chi connectivity index (χ1) is 18.4. The zero-order valence-electron chi connectivity index (χ0n) is 21.2. The molecule has 0 radical (unpaired) electrons. The van der Waals surface area contributed by atoms with E-state index in [0.29, 0.717) is 71.5 Å². The van der Waals surface area contributed by atoms with Gasteiger partial charge in [-0.05, 0) is 80.3 Å². The third kappa shape index (κ3) is 7.18. The number of esters is 1. The molecule has 0 aliphatic rings. The number of rotatable bonds is 11. The van der Waals surface area contributed by atoms with Crippen molar-refractivity contribution in [2.45, 2.75) is 45.4 Å². The van der Waals surface area contributed by atoms with Gasteiger partial charge in [-0.3, -0.25) is 9.59 Å². The highest BCUT2D eigenvalue weighted by Gasteiger charge is 2.15. The fraction of sp³-hybridized carbons (Fsp3) is 0.267. The van der Waals surface area contributed by atoms with Gasteiger partial charge < -0.3 is 10.1 Å². The lowest BCUT2D eigenvalue weighted by atomic mass is 10.0. The van der Waals surface area contributed by atoms with Gasteiger partial charge in [-0.2, -0.15) is 0 Å². The standard InChI is InChI=1S/C30H29F2N3O3/c1-2-3-17-38-28(36)10-5-4-9-26-29(20-7-6-8-23(32)18-20)35-25-16-11-21(19-27(25)34-26)30(37)33-24-14-12-22(31)13-15-24/h6-8,11-16,18-19H,2-5,9-10,17H2,1H3,(H,33,37). The van der Waals surface area contributed by atoms with E-state index in [4.69, 9.17) is 14.7 Å². The third-order valence-corrected chi connectivity index (χ3v) is 6.00. The van der Waals surface area contributed by atoms with Crippen LogP contribution in [0.5, 0.6) is 0 Å². The number of amides is 1. The van der Waals surface area contributed by atoms with Gasteiger partial charge >= 0.3 is 5.97 Å². The summed E-state index contributed by atoms with van der Waals surface area (Å²) < 4.78 is 32.4. The normalized spacial score (nSPS) is 10.9. The molecular weight excluding hydrogens is 488 g/mol. The maximum absolute atomic E-state index is 14.0. The largest absolute Gasteiger partial charge is 0.466 e. The van der Waals surface area contributed by atoms with Gasteiger partial charge in [-0.15, -0.1) is 0 Å². The second-order valence-corrected chi connectivity index (χ2v) is 8.97. The molecule has 38 heavy (non-hydrogen) atoms. The topological polar surface area (TPSA) is 81.2 Å². The smallest absolute Gasteiger partial charge is 0.305 e. The van der Waals surface area contributed by atoms with Crippen molar-refractivity contribution >= 4 is 28.6 Å². The zero-order valence-corrected chi connectivity index (χ0v) is 21.2. The Kier molecular flexibility index (Phi) is 9.08. The summed E-state index contributed by atoms with van der Waals surface area (Å²) in [6, 6.07) is 16.7. The minimum Gasteiger partial charge on any atom is -0.466 e. The van der Waals surface area contributed by atoms with Crippen LogP contribution in [0.25, 0.3) is 22.3 Å². The summed E-state index contributed by atoms with van der Waals surface area (Å²) in [5.74, 6) is -1.35. The number of anilines is 1. The molecule has 6 nitrogen and oxygen atoms in total. The number of halogens is 2. The van der Waals surface area contributed by atoms with E-state index in [0.717, 1.165) is 12.8 Å². The van der Waals surface area contributed by atoms with Crippen molar-refractivity contribution in [2.24, 2.45) is 0 Å². The number of hydrogen-bond acceptors (Lipinski definition) is 5. The van der Waals surface area contributed by atoms with Crippen LogP contribution >= 0.6 is 0 Å². The zero-order chi connectivity index (χ0) is 26.9. The van der Waals surface area contributed by atoms with Gasteiger partial charge in [0.15, 0.2) is 0 Å². The number of carbonyl (C=O) groups is 2. The molecule has 0 saturated heterocycles. The molecular formula is C30H29F2N3O3. The van der Waals surface area contributed by atoms with E-state index in [-0.39, 0.29) is 23.5 Å². The number of hydrogen-bond donors (Lipinski definition) is 1. The summed E-state index contributed by atoms with van der Waals surface area (Å²) in [4.78, 5) is 34.3. The van der Waals surface area contributed by atoms with Gasteiger partial charge in [-0.25, -0.2) is 18.7 Å². The lowest BCUT2D eigenvalue weighted by Crippen LogP contribution is -2.12. The Morgan fingerprint density at radius 2 is 1.68 bits per heavy atom. The number of aromatic nitrogens is 2. The van der Waals surface area contributed by atoms with Crippen molar-refractivity contribution < 1.29 is 23.1 Å². The van der Waals surface area contributed by atoms with E-state index in [1.54, 1.807) is 30.3 Å². The van der Waals surface area contributed by atoms with Crippen LogP contribution in [0, 0.1) is 11.6 Å². The molecule has 0 spiro atoms. The van der Waals surface area contributed by atoms with Gasteiger partial charge in [0.05, 0.1) is 29.0 Å². The van der Waals surface area contributed by atoms with E-state index < -0.39 is 0 Å². The molecule has 1 amide bonds. The average Bonchev–Trinajstić information content (AvgIpc) is 2.91. The molecule has 0 fully saturated rings. The second-order valence-electron chi connectivity index (χ2n) is 8.97. The minimum atomic E-state index is -0.390. The van der Waals surface area contributed by atoms with Crippen LogP contribution in [0.15, 0.2) is 66.7 Å². The minimum absolute atomic E-state index is 0.217. The van der Waals surface area contributed by atoms with E-state index in [1.165, 1.54) is 36.4 Å². The summed E-state index contributed by atoms with van der Waals surface area (Å²) in [6.45, 7) is 2.47. The number of unbranched alkanes of at least 4 members (excludes halogenated alkanes) is 2. The van der Waals surface area contributed by atoms with Crippen LogP contribution < -0.4 is 5.32 Å². The quantitative estimate of drug-likeness (QED) is 0.173. The Bertz CT molecular complexity index is 1420. The van der Waals surface area contributed by atoms with Crippen molar-refractivity contribution in [2.75, 3.05) is 11.9 Å². The summed E-state index contributed by atoms with van der Waals surface area (Å²) in [5, 5.41) is 2.74. The van der Waals surface area contributed by atoms with Crippen molar-refractivity contribution in [3.05, 3.63) is 89.6 Å². The molecule has 0 saturated carbocycles. The molecule has 1 N–H and O–H groups in total. The molecule has 0 aliphatic heterocycles. The van der Waals surface area contributed by atoms with Gasteiger partial charge in [0.1, 0.15) is 11.6 Å². The predicted molar refractivity (Wildman–Crippen MR) is 143 cm³/mol. The molecule has 4 aromatic rings. The molecule has 3 aromatic carbocycles.